The summed E-state index contributed by atoms with van der Waals surface area (Å²) < 4.78 is 5.84. The number of nitrogens with one attached hydrogen (secondary N) is 1. The molecule has 1 N–H and O–H groups in total. The van der Waals surface area contributed by atoms with Crippen LogP contribution in [-0.4, -0.2) is 22.5 Å². The summed E-state index contributed by atoms with van der Waals surface area (Å²) in [5.41, 5.74) is 1.50. The molecule has 0 fully saturated rings. The number of aromatic amines is 1. The highest BCUT2D eigenvalue weighted by atomic mass is 35.5. The van der Waals surface area contributed by atoms with Crippen molar-refractivity contribution in [3.63, 3.8) is 0 Å². The van der Waals surface area contributed by atoms with E-state index in [9.17, 15) is 14.9 Å². The highest BCUT2D eigenvalue weighted by Crippen LogP contribution is 2.28. The molecular formula is C16H13ClN2O4S. The van der Waals surface area contributed by atoms with Crippen molar-refractivity contribution in [1.82, 2.24) is 4.98 Å². The molecule has 8 heteroatoms. The third-order valence-corrected chi connectivity index (χ3v) is 4.90. The monoisotopic (exact) mass is 364 g/mol. The van der Waals surface area contributed by atoms with Gasteiger partial charge in [-0.2, -0.15) is 0 Å². The van der Waals surface area contributed by atoms with Crippen molar-refractivity contribution >= 4 is 46.0 Å². The largest absolute Gasteiger partial charge is 0.464 e. The molecule has 2 heterocycles. The Morgan fingerprint density at radius 1 is 1.33 bits per heavy atom. The van der Waals surface area contributed by atoms with Crippen molar-refractivity contribution in [1.29, 1.82) is 0 Å². The minimum Gasteiger partial charge on any atom is -0.464 e. The van der Waals surface area contributed by atoms with Crippen molar-refractivity contribution in [2.45, 2.75) is 18.9 Å². The Kier molecular flexibility index (Phi) is 4.82. The number of hydrogen-bond acceptors (Lipinski definition) is 5. The van der Waals surface area contributed by atoms with Crippen LogP contribution >= 0.6 is 22.9 Å². The molecule has 1 aromatic carbocycles. The van der Waals surface area contributed by atoms with Crippen molar-refractivity contribution in [2.75, 3.05) is 0 Å². The van der Waals surface area contributed by atoms with Gasteiger partial charge in [0.15, 0.2) is 0 Å². The van der Waals surface area contributed by atoms with E-state index in [4.69, 9.17) is 16.3 Å². The van der Waals surface area contributed by atoms with Crippen molar-refractivity contribution in [3.05, 3.63) is 61.4 Å². The van der Waals surface area contributed by atoms with E-state index in [2.05, 4.69) is 4.98 Å². The second kappa shape index (κ2) is 7.02. The molecule has 0 radical (unpaired) electrons. The predicted molar refractivity (Wildman–Crippen MR) is 92.6 cm³/mol. The van der Waals surface area contributed by atoms with Gasteiger partial charge in [-0.1, -0.05) is 17.7 Å². The number of fused-ring (bicyclic) bond motifs is 1. The molecule has 6 nitrogen and oxygen atoms in total. The van der Waals surface area contributed by atoms with Gasteiger partial charge in [-0.3, -0.25) is 14.9 Å². The number of thiophene rings is 1. The van der Waals surface area contributed by atoms with E-state index in [-0.39, 0.29) is 11.8 Å². The highest BCUT2D eigenvalue weighted by Gasteiger charge is 2.18. The second-order valence-corrected chi connectivity index (χ2v) is 7.06. The number of carbonyl (C=O) groups is 1. The van der Waals surface area contributed by atoms with E-state index in [0.29, 0.717) is 34.6 Å². The van der Waals surface area contributed by atoms with Gasteiger partial charge in [0.25, 0.3) is 12.2 Å². The molecule has 0 bridgehead atoms. The fraction of sp³-hybridized carbons (Fsp3) is 0.188. The summed E-state index contributed by atoms with van der Waals surface area (Å²) in [5, 5.41) is 11.6. The molecule has 3 rings (SSSR count). The van der Waals surface area contributed by atoms with Crippen LogP contribution in [0.2, 0.25) is 4.34 Å². The second-order valence-electron chi connectivity index (χ2n) is 5.26. The first kappa shape index (κ1) is 16.5. The Morgan fingerprint density at radius 2 is 2.17 bits per heavy atom. The first-order chi connectivity index (χ1) is 11.6. The first-order valence-corrected chi connectivity index (χ1v) is 8.34. The lowest BCUT2D eigenvalue weighted by atomic mass is 10.1. The maximum atomic E-state index is 11.1. The lowest BCUT2D eigenvalue weighted by Crippen LogP contribution is -2.18. The number of H-pyrrole nitrogens is 1. The number of nitro groups is 1. The molecular weight excluding hydrogens is 352 g/mol. The van der Waals surface area contributed by atoms with Crippen LogP contribution in [0.4, 0.5) is 5.69 Å². The summed E-state index contributed by atoms with van der Waals surface area (Å²) >= 11 is 7.35. The Morgan fingerprint density at radius 3 is 2.83 bits per heavy atom. The minimum absolute atomic E-state index is 0.0490. The molecule has 2 aromatic heterocycles. The average molecular weight is 365 g/mol. The van der Waals surface area contributed by atoms with Crippen LogP contribution in [0.5, 0.6) is 0 Å². The smallest absolute Gasteiger partial charge is 0.293 e. The van der Waals surface area contributed by atoms with Gasteiger partial charge in [0.05, 0.1) is 20.2 Å². The summed E-state index contributed by atoms with van der Waals surface area (Å²) in [7, 11) is 0. The number of nitrogens with zero attached hydrogens (tertiary/aromatic N) is 1. The summed E-state index contributed by atoms with van der Waals surface area (Å²) in [6.07, 6.45) is 0.595. The topological polar surface area (TPSA) is 85.2 Å². The Hall–Kier alpha value is -2.38. The molecule has 124 valence electrons. The number of halogens is 1. The molecule has 3 aromatic rings. The zero-order valence-electron chi connectivity index (χ0n) is 12.4. The fourth-order valence-electron chi connectivity index (χ4n) is 2.64. The van der Waals surface area contributed by atoms with E-state index >= 15 is 0 Å². The van der Waals surface area contributed by atoms with Crippen LogP contribution in [-0.2, 0) is 22.4 Å². The first-order valence-electron chi connectivity index (χ1n) is 7.15. The van der Waals surface area contributed by atoms with E-state index < -0.39 is 4.92 Å². The number of aromatic nitrogens is 1. The zero-order chi connectivity index (χ0) is 17.1. The summed E-state index contributed by atoms with van der Waals surface area (Å²) in [6.45, 7) is 0.422. The van der Waals surface area contributed by atoms with Gasteiger partial charge >= 0.3 is 0 Å². The van der Waals surface area contributed by atoms with Crippen molar-refractivity contribution in [3.8, 4) is 0 Å². The maximum absolute atomic E-state index is 11.1. The van der Waals surface area contributed by atoms with Crippen molar-refractivity contribution in [2.24, 2.45) is 0 Å². The van der Waals surface area contributed by atoms with E-state index in [1.54, 1.807) is 24.3 Å². The molecule has 0 amide bonds. The van der Waals surface area contributed by atoms with Gasteiger partial charge in [0.2, 0.25) is 0 Å². The number of ether oxygens (including phenoxy) is 1. The fourth-order valence-corrected chi connectivity index (χ4v) is 3.80. The molecule has 0 saturated heterocycles. The molecule has 1 atom stereocenters. The maximum Gasteiger partial charge on any atom is 0.293 e. The SMILES string of the molecule is O=COC(Cc1cc2c([N+](=O)[O-])cccc2[nH]1)Cc1ccc(Cl)s1. The third kappa shape index (κ3) is 3.58. The predicted octanol–water partition coefficient (Wildman–Crippen LogP) is 4.12. The van der Waals surface area contributed by atoms with Crippen LogP contribution in [0.15, 0.2) is 36.4 Å². The molecule has 24 heavy (non-hydrogen) atoms. The number of rotatable bonds is 7. The molecule has 0 aliphatic rings. The van der Waals surface area contributed by atoms with Gasteiger partial charge < -0.3 is 9.72 Å². The van der Waals surface area contributed by atoms with Gasteiger partial charge in [0, 0.05) is 29.5 Å². The van der Waals surface area contributed by atoms with Crippen LogP contribution < -0.4 is 0 Å². The van der Waals surface area contributed by atoms with Gasteiger partial charge in [-0.25, -0.2) is 0 Å². The zero-order valence-corrected chi connectivity index (χ0v) is 14.0. The van der Waals surface area contributed by atoms with Crippen LogP contribution in [0.25, 0.3) is 10.9 Å². The van der Waals surface area contributed by atoms with Crippen molar-refractivity contribution < 1.29 is 14.5 Å². The lowest BCUT2D eigenvalue weighted by molar-refractivity contribution is -0.383. The number of nitro benzene ring substituents is 1. The molecule has 1 unspecified atom stereocenters. The van der Waals surface area contributed by atoms with E-state index in [1.165, 1.54) is 17.4 Å². The van der Waals surface area contributed by atoms with Crippen LogP contribution in [0, 0.1) is 10.1 Å². The molecule has 0 spiro atoms. The average Bonchev–Trinajstić information content (AvgIpc) is 3.12. The third-order valence-electron chi connectivity index (χ3n) is 3.65. The van der Waals surface area contributed by atoms with E-state index in [1.807, 2.05) is 6.07 Å². The number of benzene rings is 1. The molecule has 0 aliphatic carbocycles. The summed E-state index contributed by atoms with van der Waals surface area (Å²) in [6, 6.07) is 10.3. The summed E-state index contributed by atoms with van der Waals surface area (Å²) in [5.74, 6) is 0. The quantitative estimate of drug-likeness (QED) is 0.388. The van der Waals surface area contributed by atoms with E-state index in [0.717, 1.165) is 10.6 Å². The van der Waals surface area contributed by atoms with Gasteiger partial charge in [0.1, 0.15) is 6.10 Å². The van der Waals surface area contributed by atoms with Crippen LogP contribution in [0.3, 0.4) is 0 Å². The molecule has 0 saturated carbocycles. The summed E-state index contributed by atoms with van der Waals surface area (Å²) in [4.78, 5) is 25.6. The Bertz CT molecular complexity index is 889. The Balaban J connectivity index is 1.84. The van der Waals surface area contributed by atoms with Gasteiger partial charge in [-0.15, -0.1) is 11.3 Å². The normalized spacial score (nSPS) is 12.2. The molecule has 0 aliphatic heterocycles. The minimum atomic E-state index is -0.410. The highest BCUT2D eigenvalue weighted by molar-refractivity contribution is 7.16. The number of non-ortho nitro benzene ring substituents is 1. The standard InChI is InChI=1S/C16H13ClN2O4S/c17-16-5-4-12(24-16)8-11(23-9-20)6-10-7-13-14(18-10)2-1-3-15(13)19(21)22/h1-5,7,9,11,18H,6,8H2. The number of carbonyl (C=O) groups excluding carboxylic acids is 1. The van der Waals surface area contributed by atoms with Crippen LogP contribution in [0.1, 0.15) is 10.6 Å². The lowest BCUT2D eigenvalue weighted by Gasteiger charge is -2.13. The number of hydrogen-bond donors (Lipinski definition) is 1. The van der Waals surface area contributed by atoms with Gasteiger partial charge in [-0.05, 0) is 24.3 Å². The Labute approximate surface area is 146 Å².